The molecule has 0 saturated heterocycles. The number of Topliss-reactive ketones (excluding diaryl/α,β-unsaturated/α-hetero) is 1. The zero-order chi connectivity index (χ0) is 13.1. The lowest BCUT2D eigenvalue weighted by molar-refractivity contribution is 0.0983. The molecule has 96 valence electrons. The van der Waals surface area contributed by atoms with Crippen molar-refractivity contribution in [2.45, 2.75) is 12.8 Å². The number of carbonyl (C=O) groups excluding carboxylic acids is 2. The Labute approximate surface area is 105 Å². The maximum atomic E-state index is 12.0. The molecule has 1 amide bonds. The fraction of sp³-hybridized carbons (Fsp3) is 0.385. The highest BCUT2D eigenvalue weighted by molar-refractivity contribution is 6.05. The van der Waals surface area contributed by atoms with Crippen molar-refractivity contribution in [2.75, 3.05) is 25.7 Å². The van der Waals surface area contributed by atoms with E-state index in [4.69, 9.17) is 9.47 Å². The zero-order valence-electron chi connectivity index (χ0n) is 10.4. The van der Waals surface area contributed by atoms with Crippen LogP contribution in [0.4, 0.5) is 10.5 Å². The molecule has 2 rings (SSSR count). The Morgan fingerprint density at radius 2 is 2.11 bits per heavy atom. The lowest BCUT2D eigenvalue weighted by atomic mass is 10.1. The summed E-state index contributed by atoms with van der Waals surface area (Å²) >= 11 is 0. The van der Waals surface area contributed by atoms with Gasteiger partial charge in [0.2, 0.25) is 0 Å². The number of hydrogen-bond donors (Lipinski definition) is 0. The average Bonchev–Trinajstić information content (AvgIpc) is 2.57. The monoisotopic (exact) mass is 249 g/mol. The van der Waals surface area contributed by atoms with Crippen LogP contribution in [0, 0.1) is 0 Å². The molecule has 18 heavy (non-hydrogen) atoms. The topological polar surface area (TPSA) is 55.8 Å². The van der Waals surface area contributed by atoms with E-state index in [9.17, 15) is 9.59 Å². The maximum absolute atomic E-state index is 12.0. The zero-order valence-corrected chi connectivity index (χ0v) is 10.4. The van der Waals surface area contributed by atoms with Crippen LogP contribution in [-0.2, 0) is 4.74 Å². The van der Waals surface area contributed by atoms with Crippen molar-refractivity contribution < 1.29 is 19.1 Å². The van der Waals surface area contributed by atoms with E-state index >= 15 is 0 Å². The first-order valence-electron chi connectivity index (χ1n) is 5.74. The molecule has 1 aromatic carbocycles. The third-order valence-electron chi connectivity index (χ3n) is 2.98. The van der Waals surface area contributed by atoms with Crippen molar-refractivity contribution in [1.29, 1.82) is 0 Å². The minimum absolute atomic E-state index is 0.0234. The minimum atomic E-state index is -0.448. The number of benzene rings is 1. The summed E-state index contributed by atoms with van der Waals surface area (Å²) in [6, 6.07) is 5.11. The van der Waals surface area contributed by atoms with E-state index in [0.717, 1.165) is 0 Å². The lowest BCUT2D eigenvalue weighted by Crippen LogP contribution is -2.31. The molecule has 1 aliphatic heterocycles. The largest absolute Gasteiger partial charge is 0.497 e. The van der Waals surface area contributed by atoms with Crippen LogP contribution in [0.25, 0.3) is 0 Å². The molecule has 0 aromatic heterocycles. The number of carbonyl (C=O) groups is 2. The summed E-state index contributed by atoms with van der Waals surface area (Å²) < 4.78 is 9.84. The predicted molar refractivity (Wildman–Crippen MR) is 66.3 cm³/mol. The van der Waals surface area contributed by atoms with Crippen molar-refractivity contribution in [1.82, 2.24) is 0 Å². The highest BCUT2D eigenvalue weighted by Crippen LogP contribution is 2.30. The Morgan fingerprint density at radius 1 is 1.33 bits per heavy atom. The van der Waals surface area contributed by atoms with Crippen LogP contribution in [0.1, 0.15) is 23.2 Å². The summed E-state index contributed by atoms with van der Waals surface area (Å²) in [4.78, 5) is 25.2. The molecule has 0 N–H and O–H groups in total. The highest BCUT2D eigenvalue weighted by Gasteiger charge is 2.25. The molecular formula is C13H15NO4. The number of ether oxygens (including phenoxy) is 2. The average molecular weight is 249 g/mol. The second-order valence-electron chi connectivity index (χ2n) is 4.03. The second kappa shape index (κ2) is 5.08. The molecule has 0 saturated carbocycles. The summed E-state index contributed by atoms with van der Waals surface area (Å²) in [5.41, 5.74) is 1.10. The van der Waals surface area contributed by atoms with Gasteiger partial charge in [-0.25, -0.2) is 4.79 Å². The number of nitrogens with zero attached hydrogens (tertiary/aromatic N) is 1. The van der Waals surface area contributed by atoms with Crippen LogP contribution in [-0.4, -0.2) is 32.6 Å². The number of hydrogen-bond acceptors (Lipinski definition) is 4. The van der Waals surface area contributed by atoms with Crippen LogP contribution >= 0.6 is 0 Å². The van der Waals surface area contributed by atoms with Gasteiger partial charge >= 0.3 is 6.09 Å². The van der Waals surface area contributed by atoms with Crippen LogP contribution < -0.4 is 9.64 Å². The minimum Gasteiger partial charge on any atom is -0.497 e. The van der Waals surface area contributed by atoms with Gasteiger partial charge in [0.15, 0.2) is 5.78 Å². The number of ketones is 1. The molecule has 0 radical (unpaired) electrons. The van der Waals surface area contributed by atoms with E-state index in [1.165, 1.54) is 12.0 Å². The van der Waals surface area contributed by atoms with Gasteiger partial charge in [0.25, 0.3) is 0 Å². The van der Waals surface area contributed by atoms with E-state index < -0.39 is 6.09 Å². The summed E-state index contributed by atoms with van der Waals surface area (Å²) in [5.74, 6) is 0.629. The molecular weight excluding hydrogens is 234 g/mol. The van der Waals surface area contributed by atoms with Crippen LogP contribution in [0.5, 0.6) is 5.75 Å². The van der Waals surface area contributed by atoms with Crippen molar-refractivity contribution in [3.63, 3.8) is 0 Å². The third kappa shape index (κ3) is 2.16. The van der Waals surface area contributed by atoms with Gasteiger partial charge in [0, 0.05) is 18.5 Å². The number of methoxy groups -OCH3 is 2. The van der Waals surface area contributed by atoms with Crippen molar-refractivity contribution in [3.8, 4) is 5.75 Å². The summed E-state index contributed by atoms with van der Waals surface area (Å²) in [7, 11) is 2.87. The van der Waals surface area contributed by atoms with E-state index in [-0.39, 0.29) is 5.78 Å². The number of anilines is 1. The number of amides is 1. The number of fused-ring (bicyclic) bond motifs is 1. The van der Waals surface area contributed by atoms with Crippen LogP contribution in [0.2, 0.25) is 0 Å². The molecule has 5 heteroatoms. The Morgan fingerprint density at radius 3 is 2.78 bits per heavy atom. The summed E-state index contributed by atoms with van der Waals surface area (Å²) in [6.45, 7) is 0.484. The van der Waals surface area contributed by atoms with E-state index in [0.29, 0.717) is 36.4 Å². The first-order valence-corrected chi connectivity index (χ1v) is 5.74. The van der Waals surface area contributed by atoms with E-state index in [1.807, 2.05) is 0 Å². The van der Waals surface area contributed by atoms with Crippen LogP contribution in [0.3, 0.4) is 0 Å². The molecule has 1 heterocycles. The van der Waals surface area contributed by atoms with Gasteiger partial charge in [0.1, 0.15) is 5.75 Å². The highest BCUT2D eigenvalue weighted by atomic mass is 16.5. The summed E-state index contributed by atoms with van der Waals surface area (Å²) in [5, 5.41) is 0. The number of rotatable bonds is 1. The quantitative estimate of drug-likeness (QED) is 0.766. The standard InChI is InChI=1S/C13H15NO4/c1-17-9-5-6-11-10(8-9)12(15)4-3-7-14(11)13(16)18-2/h5-6,8H,3-4,7H2,1-2H3. The SMILES string of the molecule is COC(=O)N1CCCC(=O)c2cc(OC)ccc21. The fourth-order valence-electron chi connectivity index (χ4n) is 2.05. The lowest BCUT2D eigenvalue weighted by Gasteiger charge is -2.21. The molecule has 1 aromatic rings. The van der Waals surface area contributed by atoms with Gasteiger partial charge in [0.05, 0.1) is 19.9 Å². The van der Waals surface area contributed by atoms with Gasteiger partial charge in [-0.05, 0) is 24.6 Å². The molecule has 0 fully saturated rings. The van der Waals surface area contributed by atoms with Crippen molar-refractivity contribution in [3.05, 3.63) is 23.8 Å². The first kappa shape index (κ1) is 12.4. The van der Waals surface area contributed by atoms with Gasteiger partial charge in [-0.3, -0.25) is 9.69 Å². The molecule has 0 spiro atoms. The Hall–Kier alpha value is -2.04. The Balaban J connectivity index is 2.49. The van der Waals surface area contributed by atoms with Gasteiger partial charge in [-0.15, -0.1) is 0 Å². The molecule has 0 bridgehead atoms. The Bertz CT molecular complexity index is 484. The van der Waals surface area contributed by atoms with Gasteiger partial charge < -0.3 is 9.47 Å². The van der Waals surface area contributed by atoms with E-state index in [1.54, 1.807) is 25.3 Å². The smallest absolute Gasteiger partial charge is 0.414 e. The molecule has 0 unspecified atom stereocenters. The molecule has 5 nitrogen and oxygen atoms in total. The maximum Gasteiger partial charge on any atom is 0.414 e. The fourth-order valence-corrected chi connectivity index (χ4v) is 2.05. The Kier molecular flexibility index (Phi) is 3.50. The predicted octanol–water partition coefficient (Wildman–Crippen LogP) is 2.24. The van der Waals surface area contributed by atoms with E-state index in [2.05, 4.69) is 0 Å². The molecule has 0 atom stereocenters. The molecule has 0 aliphatic carbocycles. The third-order valence-corrected chi connectivity index (χ3v) is 2.98. The van der Waals surface area contributed by atoms with Gasteiger partial charge in [-0.1, -0.05) is 0 Å². The molecule has 1 aliphatic rings. The second-order valence-corrected chi connectivity index (χ2v) is 4.03. The van der Waals surface area contributed by atoms with Crippen molar-refractivity contribution >= 4 is 17.6 Å². The normalized spacial score (nSPS) is 14.8. The van der Waals surface area contributed by atoms with Crippen LogP contribution in [0.15, 0.2) is 18.2 Å². The van der Waals surface area contributed by atoms with Gasteiger partial charge in [-0.2, -0.15) is 0 Å². The van der Waals surface area contributed by atoms with Crippen molar-refractivity contribution in [2.24, 2.45) is 0 Å². The summed E-state index contributed by atoms with van der Waals surface area (Å²) in [6.07, 6.45) is 0.606. The first-order chi connectivity index (χ1) is 8.67.